The molecule has 0 aromatic carbocycles. The fraction of sp³-hybridized carbons (Fsp3) is 0.444. The predicted molar refractivity (Wildman–Crippen MR) is 48.3 cm³/mol. The van der Waals surface area contributed by atoms with Crippen LogP contribution in [0.5, 0.6) is 0 Å². The number of hydrogen-bond acceptors (Lipinski definition) is 2. The number of hydrogen-bond donors (Lipinski definition) is 1. The first-order chi connectivity index (χ1) is 5.25. The summed E-state index contributed by atoms with van der Waals surface area (Å²) in [7, 11) is 0. The first-order valence-electron chi connectivity index (χ1n) is 3.91. The van der Waals surface area contributed by atoms with Crippen LogP contribution < -0.4 is 5.43 Å². The van der Waals surface area contributed by atoms with E-state index in [1.807, 2.05) is 13.0 Å². The molecule has 1 N–H and O–H groups in total. The highest BCUT2D eigenvalue weighted by molar-refractivity contribution is 5.75. The number of rotatable bonds is 1. The molecule has 2 heteroatoms. The molecule has 0 saturated carbocycles. The second-order valence-corrected chi connectivity index (χ2v) is 2.87. The molecule has 60 valence electrons. The van der Waals surface area contributed by atoms with Gasteiger partial charge in [0.2, 0.25) is 0 Å². The van der Waals surface area contributed by atoms with Crippen molar-refractivity contribution in [3.8, 4) is 0 Å². The van der Waals surface area contributed by atoms with E-state index in [4.69, 9.17) is 0 Å². The number of nitrogens with one attached hydrogen (secondary N) is 1. The summed E-state index contributed by atoms with van der Waals surface area (Å²) in [5, 5.41) is 3.94. The van der Waals surface area contributed by atoms with E-state index in [1.54, 1.807) is 6.21 Å². The summed E-state index contributed by atoms with van der Waals surface area (Å²) in [5.41, 5.74) is 5.41. The lowest BCUT2D eigenvalue weighted by Gasteiger charge is -2.16. The van der Waals surface area contributed by atoms with E-state index in [9.17, 15) is 0 Å². The predicted octanol–water partition coefficient (Wildman–Crippen LogP) is 2.06. The van der Waals surface area contributed by atoms with Crippen molar-refractivity contribution in [2.75, 3.05) is 0 Å². The molecule has 0 atom stereocenters. The molecule has 0 fully saturated rings. The quantitative estimate of drug-likeness (QED) is 0.608. The molecule has 0 unspecified atom stereocenters. The van der Waals surface area contributed by atoms with Crippen LogP contribution in [0.1, 0.15) is 20.8 Å². The van der Waals surface area contributed by atoms with E-state index in [0.717, 1.165) is 5.70 Å². The smallest absolute Gasteiger partial charge is 0.0554 e. The third-order valence-electron chi connectivity index (χ3n) is 1.74. The monoisotopic (exact) mass is 150 g/mol. The van der Waals surface area contributed by atoms with Gasteiger partial charge in [0.15, 0.2) is 0 Å². The minimum Gasteiger partial charge on any atom is -0.279 e. The molecule has 0 saturated heterocycles. The molecule has 11 heavy (non-hydrogen) atoms. The number of hydrazone groups is 1. The first kappa shape index (κ1) is 8.05. The van der Waals surface area contributed by atoms with Gasteiger partial charge in [-0.3, -0.25) is 5.43 Å². The van der Waals surface area contributed by atoms with Crippen molar-refractivity contribution in [3.63, 3.8) is 0 Å². The van der Waals surface area contributed by atoms with Crippen LogP contribution in [-0.2, 0) is 0 Å². The molecular weight excluding hydrogens is 136 g/mol. The van der Waals surface area contributed by atoms with E-state index < -0.39 is 0 Å². The lowest BCUT2D eigenvalue weighted by atomic mass is 9.99. The molecular formula is C9H14N2. The average Bonchev–Trinajstić information content (AvgIpc) is 2.04. The number of allylic oxidation sites excluding steroid dienone is 3. The minimum absolute atomic E-state index is 0.556. The van der Waals surface area contributed by atoms with Gasteiger partial charge in [0.05, 0.1) is 5.70 Å². The van der Waals surface area contributed by atoms with E-state index in [-0.39, 0.29) is 0 Å². The van der Waals surface area contributed by atoms with Crippen molar-refractivity contribution in [3.05, 3.63) is 23.4 Å². The normalized spacial score (nSPS) is 20.4. The zero-order chi connectivity index (χ0) is 8.27. The summed E-state index contributed by atoms with van der Waals surface area (Å²) in [6.45, 7) is 6.37. The Bertz CT molecular complexity index is 222. The lowest BCUT2D eigenvalue weighted by molar-refractivity contribution is 0.735. The molecule has 0 aromatic rings. The highest BCUT2D eigenvalue weighted by Crippen LogP contribution is 2.18. The minimum atomic E-state index is 0.556. The van der Waals surface area contributed by atoms with Crippen LogP contribution in [-0.4, -0.2) is 6.21 Å². The van der Waals surface area contributed by atoms with Crippen LogP contribution in [0.4, 0.5) is 0 Å². The Kier molecular flexibility index (Phi) is 2.47. The van der Waals surface area contributed by atoms with E-state index >= 15 is 0 Å². The summed E-state index contributed by atoms with van der Waals surface area (Å²) in [5.74, 6) is 0.556. The van der Waals surface area contributed by atoms with Crippen LogP contribution in [0.2, 0.25) is 0 Å². The lowest BCUT2D eigenvalue weighted by Crippen LogP contribution is -2.15. The Balaban J connectivity index is 2.88. The summed E-state index contributed by atoms with van der Waals surface area (Å²) in [4.78, 5) is 0. The fourth-order valence-electron chi connectivity index (χ4n) is 1.11. The average molecular weight is 150 g/mol. The van der Waals surface area contributed by atoms with Gasteiger partial charge in [0.25, 0.3) is 0 Å². The third-order valence-corrected chi connectivity index (χ3v) is 1.74. The molecule has 0 amide bonds. The summed E-state index contributed by atoms with van der Waals surface area (Å²) in [6, 6.07) is 0. The first-order valence-corrected chi connectivity index (χ1v) is 3.91. The van der Waals surface area contributed by atoms with Gasteiger partial charge in [-0.1, -0.05) is 19.9 Å². The van der Waals surface area contributed by atoms with Crippen molar-refractivity contribution in [1.29, 1.82) is 0 Å². The summed E-state index contributed by atoms with van der Waals surface area (Å²) >= 11 is 0. The van der Waals surface area contributed by atoms with Gasteiger partial charge < -0.3 is 0 Å². The van der Waals surface area contributed by atoms with Crippen LogP contribution in [0.3, 0.4) is 0 Å². The van der Waals surface area contributed by atoms with Crippen molar-refractivity contribution in [2.45, 2.75) is 20.8 Å². The van der Waals surface area contributed by atoms with Crippen LogP contribution in [0.15, 0.2) is 28.5 Å². The van der Waals surface area contributed by atoms with Crippen LogP contribution >= 0.6 is 0 Å². The Morgan fingerprint density at radius 2 is 2.27 bits per heavy atom. The van der Waals surface area contributed by atoms with E-state index in [1.165, 1.54) is 5.57 Å². The van der Waals surface area contributed by atoms with Gasteiger partial charge in [-0.05, 0) is 24.5 Å². The SMILES string of the molecule is C/C=C1/NN=CC=C1C(C)C. The van der Waals surface area contributed by atoms with E-state index in [0.29, 0.717) is 5.92 Å². The molecule has 1 aliphatic heterocycles. The maximum Gasteiger partial charge on any atom is 0.0554 e. The Morgan fingerprint density at radius 3 is 2.73 bits per heavy atom. The van der Waals surface area contributed by atoms with Crippen LogP contribution in [0.25, 0.3) is 0 Å². The van der Waals surface area contributed by atoms with Gasteiger partial charge in [-0.2, -0.15) is 5.10 Å². The third kappa shape index (κ3) is 1.70. The fourth-order valence-corrected chi connectivity index (χ4v) is 1.11. The van der Waals surface area contributed by atoms with Crippen molar-refractivity contribution < 1.29 is 0 Å². The Labute approximate surface area is 67.7 Å². The van der Waals surface area contributed by atoms with Gasteiger partial charge in [-0.25, -0.2) is 0 Å². The van der Waals surface area contributed by atoms with Crippen molar-refractivity contribution in [1.82, 2.24) is 5.43 Å². The zero-order valence-electron chi connectivity index (χ0n) is 7.26. The molecule has 1 aliphatic rings. The Morgan fingerprint density at radius 1 is 1.55 bits per heavy atom. The van der Waals surface area contributed by atoms with Crippen molar-refractivity contribution in [2.24, 2.45) is 11.0 Å². The number of nitrogens with zero attached hydrogens (tertiary/aromatic N) is 1. The molecule has 0 radical (unpaired) electrons. The van der Waals surface area contributed by atoms with Gasteiger partial charge in [0.1, 0.15) is 0 Å². The topological polar surface area (TPSA) is 24.4 Å². The molecule has 0 aliphatic carbocycles. The summed E-state index contributed by atoms with van der Waals surface area (Å²) in [6.07, 6.45) is 5.89. The maximum absolute atomic E-state index is 3.94. The summed E-state index contributed by atoms with van der Waals surface area (Å²) < 4.78 is 0. The second kappa shape index (κ2) is 3.37. The molecule has 0 bridgehead atoms. The molecule has 1 rings (SSSR count). The highest BCUT2D eigenvalue weighted by atomic mass is 15.3. The van der Waals surface area contributed by atoms with Gasteiger partial charge in [0, 0.05) is 6.21 Å². The molecule has 0 spiro atoms. The highest BCUT2D eigenvalue weighted by Gasteiger charge is 2.09. The van der Waals surface area contributed by atoms with Crippen LogP contribution in [0, 0.1) is 5.92 Å². The standard InChI is InChI=1S/C9H14N2/c1-4-9-8(7(2)3)5-6-10-11-9/h4-7,11H,1-3H3/b9-4+. The van der Waals surface area contributed by atoms with Crippen molar-refractivity contribution >= 4 is 6.21 Å². The molecule has 1 heterocycles. The Hall–Kier alpha value is -1.05. The van der Waals surface area contributed by atoms with Gasteiger partial charge in [-0.15, -0.1) is 0 Å². The molecule has 2 nitrogen and oxygen atoms in total. The largest absolute Gasteiger partial charge is 0.279 e. The zero-order valence-corrected chi connectivity index (χ0v) is 7.26. The second-order valence-electron chi connectivity index (χ2n) is 2.87. The molecule has 0 aromatic heterocycles. The van der Waals surface area contributed by atoms with Gasteiger partial charge >= 0.3 is 0 Å². The maximum atomic E-state index is 3.94. The van der Waals surface area contributed by atoms with E-state index in [2.05, 4.69) is 30.5 Å².